The van der Waals surface area contributed by atoms with E-state index in [1.165, 1.54) is 35.6 Å². The fraction of sp³-hybridized carbons (Fsp3) is 0.333. The number of carbonyl (C=O) groups is 1. The summed E-state index contributed by atoms with van der Waals surface area (Å²) in [5.74, 6) is -1.32. The van der Waals surface area contributed by atoms with Gasteiger partial charge in [0.15, 0.2) is 5.13 Å². The molecule has 0 bridgehead atoms. The van der Waals surface area contributed by atoms with Crippen LogP contribution in [0.25, 0.3) is 0 Å². The average Bonchev–Trinajstić information content (AvgIpc) is 3.14. The number of aromatic nitrogens is 1. The quantitative estimate of drug-likeness (QED) is 0.503. The maximum absolute atomic E-state index is 13.5. The van der Waals surface area contributed by atoms with E-state index >= 15 is 0 Å². The molecule has 1 N–H and O–H groups in total. The van der Waals surface area contributed by atoms with Gasteiger partial charge in [0.05, 0.1) is 11.1 Å². The van der Waals surface area contributed by atoms with Gasteiger partial charge < -0.3 is 5.32 Å². The summed E-state index contributed by atoms with van der Waals surface area (Å²) < 4.78 is 27.0. The molecule has 0 aliphatic rings. The van der Waals surface area contributed by atoms with Gasteiger partial charge in [-0.25, -0.2) is 13.8 Å². The van der Waals surface area contributed by atoms with Gasteiger partial charge in [-0.15, -0.1) is 11.3 Å². The fourth-order valence-corrected chi connectivity index (χ4v) is 4.33. The zero-order chi connectivity index (χ0) is 22.1. The summed E-state index contributed by atoms with van der Waals surface area (Å²) >= 11 is 1.39. The maximum atomic E-state index is 13.5. The van der Waals surface area contributed by atoms with Crippen molar-refractivity contribution in [3.05, 3.63) is 82.4 Å². The predicted molar refractivity (Wildman–Crippen MR) is 118 cm³/mol. The van der Waals surface area contributed by atoms with Crippen LogP contribution in [0.5, 0.6) is 0 Å². The van der Waals surface area contributed by atoms with Gasteiger partial charge in [0.2, 0.25) is 5.91 Å². The van der Waals surface area contributed by atoms with Crippen LogP contribution in [0.4, 0.5) is 13.9 Å². The number of halogens is 2. The number of nitrogens with zero attached hydrogens (tertiary/aromatic N) is 1. The van der Waals surface area contributed by atoms with E-state index in [1.807, 2.05) is 19.2 Å². The Balaban J connectivity index is 1.96. The molecule has 0 saturated heterocycles. The second-order valence-electron chi connectivity index (χ2n) is 9.00. The lowest BCUT2D eigenvalue weighted by Crippen LogP contribution is -2.37. The van der Waals surface area contributed by atoms with Gasteiger partial charge in [0.1, 0.15) is 11.6 Å². The molecule has 0 radical (unpaired) electrons. The van der Waals surface area contributed by atoms with E-state index < -0.39 is 11.3 Å². The summed E-state index contributed by atoms with van der Waals surface area (Å²) in [4.78, 5) is 17.9. The van der Waals surface area contributed by atoms with Crippen LogP contribution >= 0.6 is 11.3 Å². The lowest BCUT2D eigenvalue weighted by atomic mass is 9.70. The van der Waals surface area contributed by atoms with Crippen molar-refractivity contribution in [1.82, 2.24) is 4.98 Å². The minimum atomic E-state index is -0.913. The summed E-state index contributed by atoms with van der Waals surface area (Å²) in [6.45, 7) is 9.86. The second kappa shape index (κ2) is 8.26. The summed E-state index contributed by atoms with van der Waals surface area (Å²) in [5, 5.41) is 5.42. The normalized spacial score (nSPS) is 12.3. The number of amides is 1. The van der Waals surface area contributed by atoms with Crippen molar-refractivity contribution in [3.8, 4) is 0 Å². The standard InChI is InChI=1S/C24H26F2N2OS/c1-23(2,3)19-14-30-22(27-19)28-21(29)24(4,5)20(15-6-10-17(25)11-7-15)16-8-12-18(26)13-9-16/h6-14,20H,1-5H3,(H,27,28,29). The van der Waals surface area contributed by atoms with E-state index in [2.05, 4.69) is 31.1 Å². The molecule has 0 aliphatic carbocycles. The second-order valence-corrected chi connectivity index (χ2v) is 9.86. The highest BCUT2D eigenvalue weighted by molar-refractivity contribution is 7.14. The lowest BCUT2D eigenvalue weighted by Gasteiger charge is -2.33. The molecule has 3 nitrogen and oxygen atoms in total. The van der Waals surface area contributed by atoms with Crippen molar-refractivity contribution in [3.63, 3.8) is 0 Å². The number of hydrogen-bond acceptors (Lipinski definition) is 3. The summed E-state index contributed by atoms with van der Waals surface area (Å²) in [6, 6.07) is 12.1. The minimum Gasteiger partial charge on any atom is -0.301 e. The molecule has 0 spiro atoms. The molecule has 1 amide bonds. The zero-order valence-corrected chi connectivity index (χ0v) is 18.6. The first-order chi connectivity index (χ1) is 14.0. The van der Waals surface area contributed by atoms with Crippen LogP contribution in [0.3, 0.4) is 0 Å². The van der Waals surface area contributed by atoms with E-state index in [4.69, 9.17) is 0 Å². The number of nitrogens with one attached hydrogen (secondary N) is 1. The molecule has 1 aromatic heterocycles. The topological polar surface area (TPSA) is 42.0 Å². The smallest absolute Gasteiger partial charge is 0.232 e. The van der Waals surface area contributed by atoms with Crippen LogP contribution in [0.15, 0.2) is 53.9 Å². The van der Waals surface area contributed by atoms with Crippen LogP contribution in [0.1, 0.15) is 57.4 Å². The van der Waals surface area contributed by atoms with Gasteiger partial charge in [0, 0.05) is 16.7 Å². The number of rotatable bonds is 5. The van der Waals surface area contributed by atoms with Crippen LogP contribution < -0.4 is 5.32 Å². The first-order valence-corrected chi connectivity index (χ1v) is 10.6. The molecule has 0 unspecified atom stereocenters. The third-order valence-electron chi connectivity index (χ3n) is 5.21. The van der Waals surface area contributed by atoms with Crippen molar-refractivity contribution < 1.29 is 13.6 Å². The first kappa shape index (κ1) is 22.1. The van der Waals surface area contributed by atoms with Crippen LogP contribution in [0.2, 0.25) is 0 Å². The molecule has 0 saturated carbocycles. The molecule has 0 fully saturated rings. The third kappa shape index (κ3) is 4.75. The van der Waals surface area contributed by atoms with Crippen LogP contribution in [-0.4, -0.2) is 10.9 Å². The average molecular weight is 429 g/mol. The molecule has 0 aliphatic heterocycles. The Morgan fingerprint density at radius 3 is 1.77 bits per heavy atom. The molecule has 3 aromatic rings. The zero-order valence-electron chi connectivity index (χ0n) is 17.8. The molecule has 158 valence electrons. The Morgan fingerprint density at radius 2 is 1.37 bits per heavy atom. The Kier molecular flexibility index (Phi) is 6.09. The largest absolute Gasteiger partial charge is 0.301 e. The van der Waals surface area contributed by atoms with Gasteiger partial charge >= 0.3 is 0 Å². The third-order valence-corrected chi connectivity index (χ3v) is 5.96. The lowest BCUT2D eigenvalue weighted by molar-refractivity contribution is -0.124. The molecular weight excluding hydrogens is 402 g/mol. The van der Waals surface area contributed by atoms with Crippen molar-refractivity contribution in [2.45, 2.75) is 46.0 Å². The minimum absolute atomic E-state index is 0.111. The number of benzene rings is 2. The fourth-order valence-electron chi connectivity index (χ4n) is 3.40. The molecule has 30 heavy (non-hydrogen) atoms. The molecular formula is C24H26F2N2OS. The maximum Gasteiger partial charge on any atom is 0.232 e. The number of carbonyl (C=O) groups excluding carboxylic acids is 1. The highest BCUT2D eigenvalue weighted by Crippen LogP contribution is 2.42. The monoisotopic (exact) mass is 428 g/mol. The van der Waals surface area contributed by atoms with Crippen molar-refractivity contribution >= 4 is 22.4 Å². The Labute approximate surface area is 180 Å². The molecule has 1 heterocycles. The number of thiazole rings is 1. The predicted octanol–water partition coefficient (Wildman–Crippen LogP) is 6.52. The highest BCUT2D eigenvalue weighted by atomic mass is 32.1. The van der Waals surface area contributed by atoms with Crippen LogP contribution in [0, 0.1) is 17.0 Å². The molecule has 3 rings (SSSR count). The van der Waals surface area contributed by atoms with Crippen molar-refractivity contribution in [2.75, 3.05) is 5.32 Å². The molecule has 2 aromatic carbocycles. The Hall–Kier alpha value is -2.60. The number of hydrogen-bond donors (Lipinski definition) is 1. The molecule has 0 atom stereocenters. The first-order valence-electron chi connectivity index (χ1n) is 9.77. The van der Waals surface area contributed by atoms with Crippen LogP contribution in [-0.2, 0) is 10.2 Å². The Bertz CT molecular complexity index is 973. The Morgan fingerprint density at radius 1 is 0.900 bits per heavy atom. The molecule has 6 heteroatoms. The highest BCUT2D eigenvalue weighted by Gasteiger charge is 2.39. The van der Waals surface area contributed by atoms with Gasteiger partial charge in [-0.05, 0) is 35.4 Å². The van der Waals surface area contributed by atoms with E-state index in [-0.39, 0.29) is 23.0 Å². The van der Waals surface area contributed by atoms with Crippen molar-refractivity contribution in [2.24, 2.45) is 5.41 Å². The van der Waals surface area contributed by atoms with Gasteiger partial charge in [0.25, 0.3) is 0 Å². The van der Waals surface area contributed by atoms with E-state index in [1.54, 1.807) is 24.3 Å². The van der Waals surface area contributed by atoms with E-state index in [9.17, 15) is 13.6 Å². The van der Waals surface area contributed by atoms with Crippen molar-refractivity contribution in [1.29, 1.82) is 0 Å². The van der Waals surface area contributed by atoms with E-state index in [0.29, 0.717) is 5.13 Å². The summed E-state index contributed by atoms with van der Waals surface area (Å²) in [7, 11) is 0. The van der Waals surface area contributed by atoms with Gasteiger partial charge in [-0.3, -0.25) is 4.79 Å². The SMILES string of the molecule is CC(C)(C)c1csc(NC(=O)C(C)(C)C(c2ccc(F)cc2)c2ccc(F)cc2)n1. The van der Waals surface area contributed by atoms with E-state index in [0.717, 1.165) is 16.8 Å². The number of anilines is 1. The summed E-state index contributed by atoms with van der Waals surface area (Å²) in [5.41, 5.74) is 1.44. The van der Waals surface area contributed by atoms with Gasteiger partial charge in [-0.2, -0.15) is 0 Å². The summed E-state index contributed by atoms with van der Waals surface area (Å²) in [6.07, 6.45) is 0. The van der Waals surface area contributed by atoms with Gasteiger partial charge in [-0.1, -0.05) is 58.9 Å².